The van der Waals surface area contributed by atoms with Crippen LogP contribution in [0.15, 0.2) is 18.2 Å². The predicted octanol–water partition coefficient (Wildman–Crippen LogP) is 4.57. The number of nitrogens with one attached hydrogen (secondary N) is 1. The van der Waals surface area contributed by atoms with Crippen molar-refractivity contribution in [3.05, 3.63) is 23.8 Å². The van der Waals surface area contributed by atoms with Crippen LogP contribution in [0.5, 0.6) is 5.75 Å². The standard InChI is InChI=1S/C16H27NO/c1-11(2)8-14(9-12(3)4)17-16-7-6-15(18)10-13(16)5/h6-7,10-12,14,17-18H,8-9H2,1-5H3. The van der Waals surface area contributed by atoms with Crippen LogP contribution in [-0.2, 0) is 0 Å². The zero-order valence-corrected chi connectivity index (χ0v) is 12.3. The molecule has 0 aliphatic rings. The number of hydrogen-bond acceptors (Lipinski definition) is 2. The third-order valence-electron chi connectivity index (χ3n) is 3.08. The highest BCUT2D eigenvalue weighted by Crippen LogP contribution is 2.24. The van der Waals surface area contributed by atoms with Crippen molar-refractivity contribution in [2.24, 2.45) is 11.8 Å². The van der Waals surface area contributed by atoms with Crippen molar-refractivity contribution in [1.82, 2.24) is 0 Å². The van der Waals surface area contributed by atoms with Gasteiger partial charge in [0.25, 0.3) is 0 Å². The number of aryl methyl sites for hydroxylation is 1. The molecule has 18 heavy (non-hydrogen) atoms. The van der Waals surface area contributed by atoms with Crippen LogP contribution in [-0.4, -0.2) is 11.1 Å². The molecule has 0 aliphatic carbocycles. The maximum absolute atomic E-state index is 9.43. The Bertz CT molecular complexity index is 361. The lowest BCUT2D eigenvalue weighted by Crippen LogP contribution is -2.24. The van der Waals surface area contributed by atoms with Crippen molar-refractivity contribution in [3.8, 4) is 5.75 Å². The quantitative estimate of drug-likeness (QED) is 0.724. The van der Waals surface area contributed by atoms with Gasteiger partial charge in [-0.1, -0.05) is 27.7 Å². The SMILES string of the molecule is Cc1cc(O)ccc1NC(CC(C)C)CC(C)C. The van der Waals surface area contributed by atoms with Crippen LogP contribution in [0.1, 0.15) is 46.1 Å². The first-order valence-electron chi connectivity index (χ1n) is 6.94. The molecule has 102 valence electrons. The highest BCUT2D eigenvalue weighted by atomic mass is 16.3. The minimum absolute atomic E-state index is 0.335. The van der Waals surface area contributed by atoms with Gasteiger partial charge in [0, 0.05) is 11.7 Å². The van der Waals surface area contributed by atoms with Gasteiger partial charge in [-0.05, 0) is 55.4 Å². The predicted molar refractivity (Wildman–Crippen MR) is 79.2 cm³/mol. The summed E-state index contributed by atoms with van der Waals surface area (Å²) in [5.74, 6) is 1.72. The number of rotatable bonds is 6. The Hall–Kier alpha value is -1.18. The van der Waals surface area contributed by atoms with Crippen LogP contribution in [0.25, 0.3) is 0 Å². The average Bonchev–Trinajstić information content (AvgIpc) is 2.20. The summed E-state index contributed by atoms with van der Waals surface area (Å²) in [7, 11) is 0. The fourth-order valence-corrected chi connectivity index (χ4v) is 2.38. The molecule has 2 N–H and O–H groups in total. The van der Waals surface area contributed by atoms with E-state index in [1.807, 2.05) is 19.1 Å². The van der Waals surface area contributed by atoms with Gasteiger partial charge in [-0.15, -0.1) is 0 Å². The lowest BCUT2D eigenvalue weighted by Gasteiger charge is -2.24. The Balaban J connectivity index is 2.75. The summed E-state index contributed by atoms with van der Waals surface area (Å²) in [6.45, 7) is 11.1. The molecule has 1 rings (SSSR count). The highest BCUT2D eigenvalue weighted by Gasteiger charge is 2.13. The van der Waals surface area contributed by atoms with E-state index in [9.17, 15) is 5.11 Å². The van der Waals surface area contributed by atoms with E-state index in [1.165, 1.54) is 12.8 Å². The van der Waals surface area contributed by atoms with Gasteiger partial charge in [0.15, 0.2) is 0 Å². The summed E-state index contributed by atoms with van der Waals surface area (Å²) in [5.41, 5.74) is 2.24. The molecule has 0 amide bonds. The molecule has 0 atom stereocenters. The van der Waals surface area contributed by atoms with Crippen molar-refractivity contribution < 1.29 is 5.11 Å². The van der Waals surface area contributed by atoms with Gasteiger partial charge in [0.2, 0.25) is 0 Å². The number of anilines is 1. The normalized spacial score (nSPS) is 11.6. The van der Waals surface area contributed by atoms with Crippen LogP contribution in [0, 0.1) is 18.8 Å². The lowest BCUT2D eigenvalue weighted by molar-refractivity contribution is 0.441. The summed E-state index contributed by atoms with van der Waals surface area (Å²) in [6, 6.07) is 6.04. The topological polar surface area (TPSA) is 32.3 Å². The third-order valence-corrected chi connectivity index (χ3v) is 3.08. The van der Waals surface area contributed by atoms with Crippen LogP contribution >= 0.6 is 0 Å². The second kappa shape index (κ2) is 6.67. The smallest absolute Gasteiger partial charge is 0.115 e. The minimum Gasteiger partial charge on any atom is -0.508 e. The van der Waals surface area contributed by atoms with Gasteiger partial charge < -0.3 is 10.4 Å². The first-order chi connectivity index (χ1) is 8.38. The van der Waals surface area contributed by atoms with Crippen molar-refractivity contribution >= 4 is 5.69 Å². The minimum atomic E-state index is 0.335. The summed E-state index contributed by atoms with van der Waals surface area (Å²) in [5, 5.41) is 13.1. The van der Waals surface area contributed by atoms with E-state index in [-0.39, 0.29) is 0 Å². The summed E-state index contributed by atoms with van der Waals surface area (Å²) < 4.78 is 0. The molecule has 1 aromatic carbocycles. The molecule has 0 aromatic heterocycles. The van der Waals surface area contributed by atoms with E-state index in [0.29, 0.717) is 23.6 Å². The Labute approximate surface area is 111 Å². The van der Waals surface area contributed by atoms with E-state index in [4.69, 9.17) is 0 Å². The Kier molecular flexibility index (Phi) is 5.52. The molecule has 0 spiro atoms. The van der Waals surface area contributed by atoms with Crippen LogP contribution in [0.4, 0.5) is 5.69 Å². The number of phenolic OH excluding ortho intramolecular Hbond substituents is 1. The second-order valence-corrected chi connectivity index (χ2v) is 6.10. The van der Waals surface area contributed by atoms with Crippen molar-refractivity contribution in [2.45, 2.75) is 53.5 Å². The molecule has 2 heteroatoms. The van der Waals surface area contributed by atoms with Gasteiger partial charge in [-0.2, -0.15) is 0 Å². The molecule has 0 fully saturated rings. The molecule has 2 nitrogen and oxygen atoms in total. The fourth-order valence-electron chi connectivity index (χ4n) is 2.38. The van der Waals surface area contributed by atoms with E-state index < -0.39 is 0 Å². The molecule has 0 radical (unpaired) electrons. The molecule has 1 aromatic rings. The molecule has 0 saturated carbocycles. The number of benzene rings is 1. The zero-order valence-electron chi connectivity index (χ0n) is 12.3. The average molecular weight is 249 g/mol. The molecule has 0 aliphatic heterocycles. The first-order valence-corrected chi connectivity index (χ1v) is 6.94. The van der Waals surface area contributed by atoms with Crippen molar-refractivity contribution in [1.29, 1.82) is 0 Å². The Morgan fingerprint density at radius 3 is 2.06 bits per heavy atom. The zero-order chi connectivity index (χ0) is 13.7. The van der Waals surface area contributed by atoms with E-state index in [0.717, 1.165) is 11.3 Å². The molecular formula is C16H27NO. The second-order valence-electron chi connectivity index (χ2n) is 6.10. The van der Waals surface area contributed by atoms with Gasteiger partial charge in [-0.25, -0.2) is 0 Å². The maximum Gasteiger partial charge on any atom is 0.115 e. The highest BCUT2D eigenvalue weighted by molar-refractivity contribution is 5.53. The van der Waals surface area contributed by atoms with Gasteiger partial charge in [0.05, 0.1) is 0 Å². The van der Waals surface area contributed by atoms with Crippen LogP contribution in [0.2, 0.25) is 0 Å². The summed E-state index contributed by atoms with van der Waals surface area (Å²) in [4.78, 5) is 0. The molecule has 0 heterocycles. The third kappa shape index (κ3) is 4.99. The van der Waals surface area contributed by atoms with Gasteiger partial charge >= 0.3 is 0 Å². The van der Waals surface area contributed by atoms with E-state index in [1.54, 1.807) is 6.07 Å². The monoisotopic (exact) mass is 249 g/mol. The van der Waals surface area contributed by atoms with Gasteiger partial charge in [-0.3, -0.25) is 0 Å². The number of phenols is 1. The van der Waals surface area contributed by atoms with Crippen molar-refractivity contribution in [3.63, 3.8) is 0 Å². The fraction of sp³-hybridized carbons (Fsp3) is 0.625. The van der Waals surface area contributed by atoms with E-state index >= 15 is 0 Å². The Morgan fingerprint density at radius 1 is 1.06 bits per heavy atom. The first kappa shape index (κ1) is 14.9. The molecule has 0 saturated heterocycles. The van der Waals surface area contributed by atoms with E-state index in [2.05, 4.69) is 33.0 Å². The molecular weight excluding hydrogens is 222 g/mol. The maximum atomic E-state index is 9.43. The van der Waals surface area contributed by atoms with Gasteiger partial charge in [0.1, 0.15) is 5.75 Å². The lowest BCUT2D eigenvalue weighted by atomic mass is 9.95. The number of aromatic hydroxyl groups is 1. The molecule has 0 bridgehead atoms. The summed E-state index contributed by atoms with van der Waals surface area (Å²) in [6.07, 6.45) is 2.36. The largest absolute Gasteiger partial charge is 0.508 e. The van der Waals surface area contributed by atoms with Crippen LogP contribution < -0.4 is 5.32 Å². The number of hydrogen-bond donors (Lipinski definition) is 2. The Morgan fingerprint density at radius 2 is 1.61 bits per heavy atom. The van der Waals surface area contributed by atoms with Crippen LogP contribution in [0.3, 0.4) is 0 Å². The summed E-state index contributed by atoms with van der Waals surface area (Å²) >= 11 is 0. The molecule has 0 unspecified atom stereocenters. The van der Waals surface area contributed by atoms with Crippen molar-refractivity contribution in [2.75, 3.05) is 5.32 Å².